The van der Waals surface area contributed by atoms with Gasteiger partial charge < -0.3 is 19.6 Å². The second kappa shape index (κ2) is 11.9. The Bertz CT molecular complexity index is 1560. The lowest BCUT2D eigenvalue weighted by Gasteiger charge is -2.48. The van der Waals surface area contributed by atoms with Crippen LogP contribution in [0.15, 0.2) is 60.9 Å². The summed E-state index contributed by atoms with van der Waals surface area (Å²) < 4.78 is 102. The summed E-state index contributed by atoms with van der Waals surface area (Å²) >= 11 is 0. The number of rotatable bonds is 5. The van der Waals surface area contributed by atoms with Gasteiger partial charge in [0.1, 0.15) is 17.3 Å². The van der Waals surface area contributed by atoms with Crippen LogP contribution in [0.25, 0.3) is 0 Å². The number of piperidine rings is 1. The van der Waals surface area contributed by atoms with Gasteiger partial charge in [0.15, 0.2) is 0 Å². The van der Waals surface area contributed by atoms with Gasteiger partial charge in [0, 0.05) is 49.9 Å². The molecular weight excluding hydrogens is 611 g/mol. The third kappa shape index (κ3) is 6.14. The molecule has 2 aliphatic heterocycles. The van der Waals surface area contributed by atoms with E-state index in [-0.39, 0.29) is 56.0 Å². The number of nitrogens with zero attached hydrogens (tertiary/aromatic N) is 3. The standard InChI is InChI=1S/C31H28F7N3O4/c1-18-29(45-21-8-6-20(7-9-21)30(33,34)35,28(44)40-15-11-19(17-40)26-24(32)4-2-5-25(26)42)12-3-14-41(18)27(43)22-16-39-13-10-23(22)31(36,37)38/h2,4-10,13,16,18-19,42H,3,11-12,14-15,17H2,1H3/t18?,19?,29-/m0/s1. The Hall–Kier alpha value is -4.36. The van der Waals surface area contributed by atoms with Crippen molar-refractivity contribution in [2.75, 3.05) is 19.6 Å². The smallest absolute Gasteiger partial charge is 0.417 e. The molecule has 0 radical (unpaired) electrons. The summed E-state index contributed by atoms with van der Waals surface area (Å²) in [5, 5.41) is 10.3. The molecule has 2 aromatic carbocycles. The van der Waals surface area contributed by atoms with Crippen LogP contribution in [0.3, 0.4) is 0 Å². The van der Waals surface area contributed by atoms with Gasteiger partial charge in [0.05, 0.1) is 22.7 Å². The number of pyridine rings is 1. The number of benzene rings is 2. The number of aromatic nitrogens is 1. The predicted octanol–water partition coefficient (Wildman–Crippen LogP) is 6.42. The number of amides is 2. The van der Waals surface area contributed by atoms with Gasteiger partial charge in [-0.1, -0.05) is 6.07 Å². The number of likely N-dealkylation sites (tertiary alicyclic amines) is 2. The molecule has 2 unspecified atom stereocenters. The lowest BCUT2D eigenvalue weighted by Crippen LogP contribution is -2.67. The van der Waals surface area contributed by atoms with Crippen molar-refractivity contribution in [1.29, 1.82) is 0 Å². The molecule has 3 atom stereocenters. The maximum Gasteiger partial charge on any atom is 0.417 e. The van der Waals surface area contributed by atoms with Crippen molar-refractivity contribution in [2.24, 2.45) is 0 Å². The molecule has 0 spiro atoms. The van der Waals surface area contributed by atoms with E-state index >= 15 is 0 Å². The van der Waals surface area contributed by atoms with E-state index in [1.807, 2.05) is 0 Å². The number of hydrogen-bond acceptors (Lipinski definition) is 5. The molecule has 3 heterocycles. The molecule has 14 heteroatoms. The Morgan fingerprint density at radius 3 is 2.36 bits per heavy atom. The number of carbonyl (C=O) groups is 2. The Balaban J connectivity index is 1.51. The number of carbonyl (C=O) groups excluding carboxylic acids is 2. The van der Waals surface area contributed by atoms with Crippen LogP contribution in [0.2, 0.25) is 0 Å². The number of phenolic OH excluding ortho intramolecular Hbond substituents is 1. The van der Waals surface area contributed by atoms with Gasteiger partial charge in [-0.15, -0.1) is 0 Å². The number of aromatic hydroxyl groups is 1. The molecule has 2 fully saturated rings. The Kier molecular flexibility index (Phi) is 8.45. The SMILES string of the molecule is CC1N(C(=O)c2cnccc2C(F)(F)F)CCC[C@@]1(Oc1ccc(C(F)(F)F)cc1)C(=O)N1CCC(c2c(O)cccc2F)C1. The molecule has 2 aliphatic rings. The van der Waals surface area contributed by atoms with E-state index < -0.39 is 64.2 Å². The minimum Gasteiger partial charge on any atom is -0.508 e. The highest BCUT2D eigenvalue weighted by Crippen LogP contribution is 2.41. The summed E-state index contributed by atoms with van der Waals surface area (Å²) in [6.07, 6.45) is -7.48. The average molecular weight is 640 g/mol. The molecule has 3 aromatic rings. The van der Waals surface area contributed by atoms with Crippen LogP contribution in [0.1, 0.15) is 59.2 Å². The van der Waals surface area contributed by atoms with Crippen molar-refractivity contribution in [1.82, 2.24) is 14.8 Å². The van der Waals surface area contributed by atoms with Crippen LogP contribution >= 0.6 is 0 Å². The molecule has 2 saturated heterocycles. The molecular formula is C31H28F7N3O4. The fraction of sp³-hybridized carbons (Fsp3) is 0.387. The van der Waals surface area contributed by atoms with E-state index in [1.54, 1.807) is 0 Å². The number of phenols is 1. The highest BCUT2D eigenvalue weighted by atomic mass is 19.4. The molecule has 0 bridgehead atoms. The zero-order valence-electron chi connectivity index (χ0n) is 23.8. The van der Waals surface area contributed by atoms with Gasteiger partial charge in [0.25, 0.3) is 11.8 Å². The van der Waals surface area contributed by atoms with Gasteiger partial charge in [-0.2, -0.15) is 26.3 Å². The first-order chi connectivity index (χ1) is 21.1. The number of hydrogen-bond donors (Lipinski definition) is 1. The predicted molar refractivity (Wildman–Crippen MR) is 146 cm³/mol. The zero-order valence-corrected chi connectivity index (χ0v) is 23.8. The van der Waals surface area contributed by atoms with Crippen molar-refractivity contribution in [3.05, 3.63) is 89.0 Å². The highest BCUT2D eigenvalue weighted by Gasteiger charge is 2.55. The van der Waals surface area contributed by atoms with Crippen LogP contribution in [0, 0.1) is 5.82 Å². The van der Waals surface area contributed by atoms with Crippen molar-refractivity contribution in [3.8, 4) is 11.5 Å². The van der Waals surface area contributed by atoms with Gasteiger partial charge in [-0.3, -0.25) is 14.6 Å². The molecule has 45 heavy (non-hydrogen) atoms. The van der Waals surface area contributed by atoms with Gasteiger partial charge in [-0.25, -0.2) is 4.39 Å². The molecule has 5 rings (SSSR count). The molecule has 1 N–H and O–H groups in total. The summed E-state index contributed by atoms with van der Waals surface area (Å²) in [6, 6.07) is 6.88. The third-order valence-corrected chi connectivity index (χ3v) is 8.46. The maximum absolute atomic E-state index is 14.6. The fourth-order valence-corrected chi connectivity index (χ4v) is 6.18. The monoisotopic (exact) mass is 639 g/mol. The van der Waals surface area contributed by atoms with Crippen LogP contribution < -0.4 is 4.74 Å². The normalized spacial score (nSPS) is 22.4. The Labute approximate surface area is 253 Å². The first kappa shape index (κ1) is 32.0. The average Bonchev–Trinajstić information content (AvgIpc) is 3.46. The van der Waals surface area contributed by atoms with Crippen LogP contribution in [0.5, 0.6) is 11.5 Å². The first-order valence-corrected chi connectivity index (χ1v) is 14.1. The molecule has 240 valence electrons. The topological polar surface area (TPSA) is 83.0 Å². The van der Waals surface area contributed by atoms with Gasteiger partial charge in [-0.05, 0) is 62.2 Å². The fourth-order valence-electron chi connectivity index (χ4n) is 6.18. The van der Waals surface area contributed by atoms with Crippen LogP contribution in [0.4, 0.5) is 30.7 Å². The zero-order chi connectivity index (χ0) is 32.7. The number of alkyl halides is 6. The van der Waals surface area contributed by atoms with Crippen LogP contribution in [-0.2, 0) is 17.1 Å². The van der Waals surface area contributed by atoms with Crippen molar-refractivity contribution < 1.29 is 50.2 Å². The lowest BCUT2D eigenvalue weighted by atomic mass is 9.82. The van der Waals surface area contributed by atoms with E-state index in [2.05, 4.69) is 4.98 Å². The maximum atomic E-state index is 14.6. The summed E-state index contributed by atoms with van der Waals surface area (Å²) in [4.78, 5) is 34.1. The summed E-state index contributed by atoms with van der Waals surface area (Å²) in [5.74, 6) is -3.40. The molecule has 0 aliphatic carbocycles. The summed E-state index contributed by atoms with van der Waals surface area (Å²) in [5.41, 5.74) is -4.82. The quantitative estimate of drug-likeness (QED) is 0.326. The summed E-state index contributed by atoms with van der Waals surface area (Å²) in [6.45, 7) is 1.44. The summed E-state index contributed by atoms with van der Waals surface area (Å²) in [7, 11) is 0. The van der Waals surface area contributed by atoms with E-state index in [9.17, 15) is 45.4 Å². The molecule has 1 aromatic heterocycles. The second-order valence-corrected chi connectivity index (χ2v) is 11.1. The van der Waals surface area contributed by atoms with E-state index in [4.69, 9.17) is 4.74 Å². The largest absolute Gasteiger partial charge is 0.508 e. The third-order valence-electron chi connectivity index (χ3n) is 8.46. The van der Waals surface area contributed by atoms with Crippen molar-refractivity contribution in [3.63, 3.8) is 0 Å². The highest BCUT2D eigenvalue weighted by molar-refractivity contribution is 5.97. The Morgan fingerprint density at radius 1 is 1.00 bits per heavy atom. The van der Waals surface area contributed by atoms with E-state index in [1.165, 1.54) is 30.0 Å². The van der Waals surface area contributed by atoms with Crippen molar-refractivity contribution in [2.45, 2.75) is 56.1 Å². The number of halogens is 7. The van der Waals surface area contributed by atoms with Gasteiger partial charge in [0.2, 0.25) is 5.60 Å². The van der Waals surface area contributed by atoms with Gasteiger partial charge >= 0.3 is 12.4 Å². The first-order valence-electron chi connectivity index (χ1n) is 14.1. The van der Waals surface area contributed by atoms with E-state index in [0.717, 1.165) is 41.6 Å². The van der Waals surface area contributed by atoms with Crippen LogP contribution in [-0.4, -0.2) is 63.0 Å². The molecule has 2 amide bonds. The van der Waals surface area contributed by atoms with E-state index in [0.29, 0.717) is 6.07 Å². The lowest BCUT2D eigenvalue weighted by molar-refractivity contribution is -0.157. The van der Waals surface area contributed by atoms with Crippen molar-refractivity contribution >= 4 is 11.8 Å². The number of ether oxygens (including phenoxy) is 1. The molecule has 0 saturated carbocycles. The minimum atomic E-state index is -4.88. The molecule has 7 nitrogen and oxygen atoms in total. The second-order valence-electron chi connectivity index (χ2n) is 11.1. The Morgan fingerprint density at radius 2 is 1.71 bits per heavy atom. The minimum absolute atomic E-state index is 0.0234.